The Morgan fingerprint density at radius 1 is 1.32 bits per heavy atom. The Bertz CT molecular complexity index is 606. The van der Waals surface area contributed by atoms with Crippen molar-refractivity contribution in [1.82, 2.24) is 4.90 Å². The van der Waals surface area contributed by atoms with Gasteiger partial charge in [-0.3, -0.25) is 4.79 Å². The van der Waals surface area contributed by atoms with Gasteiger partial charge in [0, 0.05) is 16.8 Å². The van der Waals surface area contributed by atoms with Gasteiger partial charge in [0.05, 0.1) is 19.2 Å². The first-order chi connectivity index (χ1) is 8.90. The molecule has 2 nitrogen and oxygen atoms in total. The molecule has 0 aromatic carbocycles. The predicted octanol–water partition coefficient (Wildman–Crippen LogP) is 5.48. The van der Waals surface area contributed by atoms with Gasteiger partial charge in [0.15, 0.2) is 0 Å². The maximum Gasteiger partial charge on any atom is 0.256 e. The second kappa shape index (κ2) is 6.08. The largest absolute Gasteiger partial charge is 0.334 e. The lowest BCUT2D eigenvalue weighted by molar-refractivity contribution is 0.0744. The number of aryl methyl sites for hydroxylation is 1. The Labute approximate surface area is 137 Å². The van der Waals surface area contributed by atoms with Gasteiger partial charge >= 0.3 is 0 Å². The Kier molecular flexibility index (Phi) is 4.87. The quantitative estimate of drug-likeness (QED) is 0.641. The van der Waals surface area contributed by atoms with Crippen molar-refractivity contribution in [3.8, 4) is 0 Å². The molecule has 1 atom stereocenters. The minimum atomic E-state index is 0.0346. The van der Waals surface area contributed by atoms with Crippen LogP contribution in [0.5, 0.6) is 0 Å². The van der Waals surface area contributed by atoms with E-state index in [9.17, 15) is 4.79 Å². The molecule has 2 aromatic rings. The topological polar surface area (TPSA) is 20.3 Å². The highest BCUT2D eigenvalue weighted by molar-refractivity contribution is 9.12. The molecular formula is C13H13Br2NOS2. The van der Waals surface area contributed by atoms with Crippen molar-refractivity contribution < 1.29 is 4.79 Å². The molecular weight excluding hydrogens is 410 g/mol. The van der Waals surface area contributed by atoms with Crippen LogP contribution in [0.1, 0.15) is 33.1 Å². The summed E-state index contributed by atoms with van der Waals surface area (Å²) in [7, 11) is 1.85. The SMILES string of the molecule is Cc1ccc(C(C)N(C)C(=O)c2cc(Br)sc2Br)s1. The lowest BCUT2D eigenvalue weighted by atomic mass is 10.2. The summed E-state index contributed by atoms with van der Waals surface area (Å²) in [6, 6.07) is 6.12. The van der Waals surface area contributed by atoms with Gasteiger partial charge in [-0.05, 0) is 63.9 Å². The fourth-order valence-corrected chi connectivity index (χ4v) is 5.47. The van der Waals surface area contributed by atoms with E-state index >= 15 is 0 Å². The molecule has 1 amide bonds. The lowest BCUT2D eigenvalue weighted by Crippen LogP contribution is -2.29. The number of hydrogen-bond acceptors (Lipinski definition) is 3. The molecule has 19 heavy (non-hydrogen) atoms. The zero-order valence-corrected chi connectivity index (χ0v) is 15.5. The smallest absolute Gasteiger partial charge is 0.256 e. The van der Waals surface area contributed by atoms with Crippen LogP contribution in [-0.2, 0) is 0 Å². The van der Waals surface area contributed by atoms with Crippen LogP contribution in [0.2, 0.25) is 0 Å². The zero-order valence-electron chi connectivity index (χ0n) is 10.7. The average molecular weight is 423 g/mol. The van der Waals surface area contributed by atoms with Gasteiger partial charge in [-0.1, -0.05) is 0 Å². The molecule has 102 valence electrons. The van der Waals surface area contributed by atoms with Gasteiger partial charge < -0.3 is 4.90 Å². The number of carbonyl (C=O) groups is 1. The maximum atomic E-state index is 12.5. The third kappa shape index (κ3) is 3.29. The summed E-state index contributed by atoms with van der Waals surface area (Å²) in [6.45, 7) is 4.13. The number of rotatable bonds is 3. The third-order valence-corrected chi connectivity index (χ3v) is 6.47. The average Bonchev–Trinajstić information content (AvgIpc) is 2.92. The molecule has 0 bridgehead atoms. The summed E-state index contributed by atoms with van der Waals surface area (Å²) >= 11 is 10.1. The predicted molar refractivity (Wildman–Crippen MR) is 89.3 cm³/mol. The summed E-state index contributed by atoms with van der Waals surface area (Å²) in [5, 5.41) is 0. The molecule has 2 rings (SSSR count). The Hall–Kier alpha value is -0.170. The Balaban J connectivity index is 2.21. The number of nitrogens with zero attached hydrogens (tertiary/aromatic N) is 1. The van der Waals surface area contributed by atoms with Crippen molar-refractivity contribution in [2.75, 3.05) is 7.05 Å². The maximum absolute atomic E-state index is 12.5. The number of halogens is 2. The Morgan fingerprint density at radius 3 is 2.47 bits per heavy atom. The molecule has 0 aliphatic carbocycles. The van der Waals surface area contributed by atoms with Crippen LogP contribution in [-0.4, -0.2) is 17.9 Å². The Morgan fingerprint density at radius 2 is 2.00 bits per heavy atom. The summed E-state index contributed by atoms with van der Waals surface area (Å²) in [5.74, 6) is 0.0346. The molecule has 1 unspecified atom stereocenters. The van der Waals surface area contributed by atoms with E-state index < -0.39 is 0 Å². The summed E-state index contributed by atoms with van der Waals surface area (Å²) < 4.78 is 1.82. The van der Waals surface area contributed by atoms with Crippen LogP contribution in [0.25, 0.3) is 0 Å². The van der Waals surface area contributed by atoms with Crippen LogP contribution in [0.3, 0.4) is 0 Å². The van der Waals surface area contributed by atoms with Crippen molar-refractivity contribution in [1.29, 1.82) is 0 Å². The van der Waals surface area contributed by atoms with Gasteiger partial charge in [-0.15, -0.1) is 22.7 Å². The highest BCUT2D eigenvalue weighted by atomic mass is 79.9. The molecule has 0 fully saturated rings. The second-order valence-electron chi connectivity index (χ2n) is 4.28. The summed E-state index contributed by atoms with van der Waals surface area (Å²) in [4.78, 5) is 16.7. The van der Waals surface area contributed by atoms with Crippen molar-refractivity contribution >= 4 is 60.4 Å². The molecule has 0 spiro atoms. The highest BCUT2D eigenvalue weighted by Crippen LogP contribution is 2.34. The van der Waals surface area contributed by atoms with Crippen LogP contribution >= 0.6 is 54.5 Å². The van der Waals surface area contributed by atoms with Crippen molar-refractivity contribution in [2.24, 2.45) is 0 Å². The van der Waals surface area contributed by atoms with Crippen LogP contribution in [0, 0.1) is 6.92 Å². The molecule has 0 radical (unpaired) electrons. The first kappa shape index (κ1) is 15.2. The molecule has 0 aliphatic heterocycles. The normalized spacial score (nSPS) is 12.5. The van der Waals surface area contributed by atoms with Gasteiger partial charge in [0.1, 0.15) is 0 Å². The lowest BCUT2D eigenvalue weighted by Gasteiger charge is -2.24. The third-order valence-electron chi connectivity index (χ3n) is 2.96. The number of hydrogen-bond donors (Lipinski definition) is 0. The first-order valence-corrected chi connectivity index (χ1v) is 8.90. The van der Waals surface area contributed by atoms with Crippen LogP contribution in [0.15, 0.2) is 25.8 Å². The van der Waals surface area contributed by atoms with Crippen LogP contribution < -0.4 is 0 Å². The fourth-order valence-electron chi connectivity index (χ4n) is 1.72. The van der Waals surface area contributed by atoms with E-state index in [2.05, 4.69) is 57.8 Å². The standard InChI is InChI=1S/C13H13Br2NOS2/c1-7-4-5-10(18-7)8(2)16(3)13(17)9-6-11(14)19-12(9)15/h4-6,8H,1-3H3. The molecule has 0 aliphatic rings. The van der Waals surface area contributed by atoms with Crippen LogP contribution in [0.4, 0.5) is 0 Å². The molecule has 0 saturated carbocycles. The molecule has 0 saturated heterocycles. The van der Waals surface area contributed by atoms with E-state index in [-0.39, 0.29) is 11.9 Å². The van der Waals surface area contributed by atoms with Gasteiger partial charge in [0.2, 0.25) is 0 Å². The minimum Gasteiger partial charge on any atom is -0.334 e. The van der Waals surface area contributed by atoms with Gasteiger partial charge in [-0.25, -0.2) is 0 Å². The van der Waals surface area contributed by atoms with E-state index in [0.717, 1.165) is 7.57 Å². The minimum absolute atomic E-state index is 0.0346. The zero-order chi connectivity index (χ0) is 14.2. The monoisotopic (exact) mass is 421 g/mol. The number of amides is 1. The number of carbonyl (C=O) groups excluding carboxylic acids is 1. The van der Waals surface area contributed by atoms with Gasteiger partial charge in [-0.2, -0.15) is 0 Å². The van der Waals surface area contributed by atoms with E-state index in [4.69, 9.17) is 0 Å². The number of thiophene rings is 2. The van der Waals surface area contributed by atoms with Gasteiger partial charge in [0.25, 0.3) is 5.91 Å². The van der Waals surface area contributed by atoms with Crippen molar-refractivity contribution in [3.63, 3.8) is 0 Å². The molecule has 6 heteroatoms. The van der Waals surface area contributed by atoms with E-state index in [0.29, 0.717) is 5.56 Å². The van der Waals surface area contributed by atoms with E-state index in [1.54, 1.807) is 16.2 Å². The molecule has 2 heterocycles. The molecule has 0 N–H and O–H groups in total. The fraction of sp³-hybridized carbons (Fsp3) is 0.308. The van der Waals surface area contributed by atoms with E-state index in [1.165, 1.54) is 21.1 Å². The van der Waals surface area contributed by atoms with E-state index in [1.807, 2.05) is 13.1 Å². The first-order valence-electron chi connectivity index (χ1n) is 5.68. The molecule has 2 aromatic heterocycles. The summed E-state index contributed by atoms with van der Waals surface area (Å²) in [5.41, 5.74) is 0.708. The van der Waals surface area contributed by atoms with Crippen molar-refractivity contribution in [2.45, 2.75) is 19.9 Å². The van der Waals surface area contributed by atoms with Crippen molar-refractivity contribution in [3.05, 3.63) is 41.1 Å². The second-order valence-corrected chi connectivity index (χ2v) is 9.35. The summed E-state index contributed by atoms with van der Waals surface area (Å²) in [6.07, 6.45) is 0. The highest BCUT2D eigenvalue weighted by Gasteiger charge is 2.23.